The number of nitrogens with two attached hydrogens (primary N) is 1. The summed E-state index contributed by atoms with van der Waals surface area (Å²) in [4.78, 5) is 32.0. The van der Waals surface area contributed by atoms with Crippen molar-refractivity contribution in [3.05, 3.63) is 35.2 Å². The zero-order chi connectivity index (χ0) is 23.3. The number of primary amides is 1. The monoisotopic (exact) mass is 467 g/mol. The first-order valence-corrected chi connectivity index (χ1v) is 11.7. The normalized spacial score (nSPS) is 16.1. The molecule has 172 valence electrons. The fraction of sp³-hybridized carbons (Fsp3) is 0.348. The molecular formula is C23H25N5O4S. The molecule has 2 amide bonds. The molecule has 1 aromatic carbocycles. The fourth-order valence-electron chi connectivity index (χ4n) is 4.65. The van der Waals surface area contributed by atoms with Crippen molar-refractivity contribution in [1.82, 2.24) is 19.0 Å². The Kier molecular flexibility index (Phi) is 5.24. The van der Waals surface area contributed by atoms with E-state index < -0.39 is 6.09 Å². The third kappa shape index (κ3) is 3.50. The van der Waals surface area contributed by atoms with Crippen molar-refractivity contribution in [3.8, 4) is 17.3 Å². The molecule has 1 aliphatic rings. The Morgan fingerprint density at radius 3 is 2.85 bits per heavy atom. The first kappa shape index (κ1) is 21.3. The first-order chi connectivity index (χ1) is 15.9. The van der Waals surface area contributed by atoms with Gasteiger partial charge in [-0.2, -0.15) is 0 Å². The van der Waals surface area contributed by atoms with E-state index in [1.165, 1.54) is 10.2 Å². The largest absolute Gasteiger partial charge is 0.494 e. The lowest BCUT2D eigenvalue weighted by molar-refractivity contribution is 0.0739. The predicted molar refractivity (Wildman–Crippen MR) is 127 cm³/mol. The maximum atomic E-state index is 13.2. The average Bonchev–Trinajstić information content (AvgIpc) is 3.55. The number of benzene rings is 1. The Hall–Kier alpha value is -3.53. The van der Waals surface area contributed by atoms with Gasteiger partial charge in [0.25, 0.3) is 5.91 Å². The Balaban J connectivity index is 1.55. The number of likely N-dealkylation sites (tertiary alicyclic amines) is 1. The van der Waals surface area contributed by atoms with Gasteiger partial charge in [0.1, 0.15) is 22.2 Å². The molecule has 0 spiro atoms. The molecule has 1 saturated heterocycles. The lowest BCUT2D eigenvalue weighted by atomic mass is 10.1. The summed E-state index contributed by atoms with van der Waals surface area (Å²) in [5.74, 6) is 1.24. The molecule has 1 atom stereocenters. The number of imidazole rings is 1. The van der Waals surface area contributed by atoms with Crippen LogP contribution in [0.15, 0.2) is 29.6 Å². The molecule has 10 heteroatoms. The number of nitrogens with zero attached hydrogens (tertiary/aromatic N) is 4. The summed E-state index contributed by atoms with van der Waals surface area (Å²) in [6.45, 7) is 3.75. The van der Waals surface area contributed by atoms with Crippen LogP contribution >= 0.6 is 11.3 Å². The van der Waals surface area contributed by atoms with Crippen molar-refractivity contribution in [2.45, 2.75) is 26.0 Å². The summed E-state index contributed by atoms with van der Waals surface area (Å²) >= 11 is 1.71. The number of rotatable bonds is 5. The van der Waals surface area contributed by atoms with E-state index >= 15 is 0 Å². The third-order valence-electron chi connectivity index (χ3n) is 6.16. The van der Waals surface area contributed by atoms with E-state index in [0.717, 1.165) is 23.6 Å². The first-order valence-electron chi connectivity index (χ1n) is 10.8. The summed E-state index contributed by atoms with van der Waals surface area (Å²) in [5, 5.41) is 3.28. The number of hydrogen-bond acceptors (Lipinski definition) is 6. The van der Waals surface area contributed by atoms with E-state index in [4.69, 9.17) is 20.2 Å². The number of aryl methyl sites for hydroxylation is 2. The number of ether oxygens (including phenoxy) is 2. The van der Waals surface area contributed by atoms with Crippen LogP contribution in [0.1, 0.15) is 23.7 Å². The fourth-order valence-corrected chi connectivity index (χ4v) is 5.61. The van der Waals surface area contributed by atoms with Gasteiger partial charge in [-0.3, -0.25) is 4.79 Å². The second-order valence-electron chi connectivity index (χ2n) is 8.09. The molecule has 0 radical (unpaired) electrons. The Morgan fingerprint density at radius 1 is 1.30 bits per heavy atom. The van der Waals surface area contributed by atoms with Crippen LogP contribution in [0.4, 0.5) is 4.79 Å². The minimum atomic E-state index is -0.824. The van der Waals surface area contributed by atoms with Crippen molar-refractivity contribution in [2.75, 3.05) is 20.2 Å². The maximum absolute atomic E-state index is 13.2. The summed E-state index contributed by atoms with van der Waals surface area (Å²) < 4.78 is 15.0. The minimum absolute atomic E-state index is 0.157. The zero-order valence-corrected chi connectivity index (χ0v) is 19.5. The summed E-state index contributed by atoms with van der Waals surface area (Å²) in [6.07, 6.45) is -0.642. The lowest BCUT2D eigenvalue weighted by Crippen LogP contribution is -2.31. The summed E-state index contributed by atoms with van der Waals surface area (Å²) in [7, 11) is 3.55. The SMILES string of the molecule is CCn1c(-c2nc3cc(C(=O)N4CC[C@@H](OC(N)=O)C4)cc(OC)c3n2C)cc2ccsc21. The number of carbonyl (C=O) groups excluding carboxylic acids is 2. The molecule has 0 saturated carbocycles. The van der Waals surface area contributed by atoms with Gasteiger partial charge in [-0.15, -0.1) is 11.3 Å². The molecule has 0 aliphatic carbocycles. The van der Waals surface area contributed by atoms with E-state index in [1.54, 1.807) is 35.5 Å². The molecule has 2 N–H and O–H groups in total. The zero-order valence-electron chi connectivity index (χ0n) is 18.7. The number of hydrogen-bond donors (Lipinski definition) is 1. The van der Waals surface area contributed by atoms with E-state index in [2.05, 4.69) is 29.0 Å². The smallest absolute Gasteiger partial charge is 0.404 e. The van der Waals surface area contributed by atoms with Crippen LogP contribution in [-0.4, -0.2) is 57.3 Å². The van der Waals surface area contributed by atoms with Crippen molar-refractivity contribution >= 4 is 44.6 Å². The standard InChI is InChI=1S/C23H25N5O4S/c1-4-28-17(10-13-6-8-33-22(13)28)20-25-16-9-14(11-18(31-3)19(16)26(20)2)21(29)27-7-5-15(12-27)32-23(24)30/h6,8-11,15H,4-5,7,12H2,1-3H3,(H2,24,30)/t15-/m1/s1. The second kappa shape index (κ2) is 8.11. The summed E-state index contributed by atoms with van der Waals surface area (Å²) in [6, 6.07) is 7.81. The second-order valence-corrected chi connectivity index (χ2v) is 8.99. The van der Waals surface area contributed by atoms with Gasteiger partial charge in [-0.05, 0) is 36.6 Å². The van der Waals surface area contributed by atoms with Crippen LogP contribution in [0, 0.1) is 0 Å². The van der Waals surface area contributed by atoms with Crippen LogP contribution in [0.3, 0.4) is 0 Å². The molecule has 0 bridgehead atoms. The van der Waals surface area contributed by atoms with Gasteiger partial charge in [0.15, 0.2) is 5.82 Å². The number of fused-ring (bicyclic) bond motifs is 2. The number of aromatic nitrogens is 3. The highest BCUT2D eigenvalue weighted by Crippen LogP contribution is 2.35. The highest BCUT2D eigenvalue weighted by molar-refractivity contribution is 7.16. The summed E-state index contributed by atoms with van der Waals surface area (Å²) in [5.41, 5.74) is 8.14. The van der Waals surface area contributed by atoms with Crippen LogP contribution in [-0.2, 0) is 18.3 Å². The number of methoxy groups -OCH3 is 1. The Labute approximate surface area is 194 Å². The van der Waals surface area contributed by atoms with Crippen molar-refractivity contribution in [1.29, 1.82) is 0 Å². The molecule has 9 nitrogen and oxygen atoms in total. The Morgan fingerprint density at radius 2 is 2.12 bits per heavy atom. The molecular weight excluding hydrogens is 442 g/mol. The molecule has 33 heavy (non-hydrogen) atoms. The highest BCUT2D eigenvalue weighted by atomic mass is 32.1. The van der Waals surface area contributed by atoms with Gasteiger partial charge in [0.2, 0.25) is 0 Å². The molecule has 1 fully saturated rings. The van der Waals surface area contributed by atoms with Crippen molar-refractivity contribution in [2.24, 2.45) is 12.8 Å². The van der Waals surface area contributed by atoms with Crippen LogP contribution in [0.5, 0.6) is 5.75 Å². The van der Waals surface area contributed by atoms with Crippen LogP contribution < -0.4 is 10.5 Å². The van der Waals surface area contributed by atoms with E-state index in [0.29, 0.717) is 36.3 Å². The van der Waals surface area contributed by atoms with Crippen LogP contribution in [0.2, 0.25) is 0 Å². The average molecular weight is 468 g/mol. The molecule has 4 aromatic rings. The molecule has 1 aliphatic heterocycles. The number of carbonyl (C=O) groups is 2. The topological polar surface area (TPSA) is 105 Å². The lowest BCUT2D eigenvalue weighted by Gasteiger charge is -2.17. The Bertz CT molecular complexity index is 1380. The van der Waals surface area contributed by atoms with E-state index in [-0.39, 0.29) is 12.0 Å². The van der Waals surface area contributed by atoms with Gasteiger partial charge < -0.3 is 29.2 Å². The quantitative estimate of drug-likeness (QED) is 0.483. The van der Waals surface area contributed by atoms with Gasteiger partial charge in [0.05, 0.1) is 24.9 Å². The predicted octanol–water partition coefficient (Wildman–Crippen LogP) is 3.59. The van der Waals surface area contributed by atoms with Crippen molar-refractivity contribution in [3.63, 3.8) is 0 Å². The van der Waals surface area contributed by atoms with Crippen LogP contribution in [0.25, 0.3) is 32.8 Å². The maximum Gasteiger partial charge on any atom is 0.404 e. The number of thiophene rings is 1. The minimum Gasteiger partial charge on any atom is -0.494 e. The number of amides is 2. The molecule has 0 unspecified atom stereocenters. The third-order valence-corrected chi connectivity index (χ3v) is 7.12. The van der Waals surface area contributed by atoms with E-state index in [9.17, 15) is 9.59 Å². The molecule has 3 aromatic heterocycles. The van der Waals surface area contributed by atoms with E-state index in [1.807, 2.05) is 11.6 Å². The van der Waals surface area contributed by atoms with Gasteiger partial charge >= 0.3 is 6.09 Å². The highest BCUT2D eigenvalue weighted by Gasteiger charge is 2.30. The molecule has 5 rings (SSSR count). The van der Waals surface area contributed by atoms with Gasteiger partial charge in [-0.1, -0.05) is 0 Å². The van der Waals surface area contributed by atoms with Gasteiger partial charge in [0, 0.05) is 37.5 Å². The van der Waals surface area contributed by atoms with Gasteiger partial charge in [-0.25, -0.2) is 9.78 Å². The van der Waals surface area contributed by atoms with Crippen molar-refractivity contribution < 1.29 is 19.1 Å². The molecule has 4 heterocycles.